The van der Waals surface area contributed by atoms with Gasteiger partial charge in [0.25, 0.3) is 0 Å². The second-order valence-electron chi connectivity index (χ2n) is 2.75. The molecule has 2 atom stereocenters. The summed E-state index contributed by atoms with van der Waals surface area (Å²) in [4.78, 5) is 10.6. The van der Waals surface area contributed by atoms with Crippen LogP contribution in [0.4, 0.5) is 0 Å². The molecule has 1 rings (SSSR count). The number of rotatable bonds is 2. The first kappa shape index (κ1) is 8.87. The molecule has 1 saturated heterocycles. The molecule has 1 fully saturated rings. The Bertz CT molecular complexity index is 149. The van der Waals surface area contributed by atoms with E-state index in [9.17, 15) is 4.79 Å². The van der Waals surface area contributed by atoms with E-state index >= 15 is 0 Å². The van der Waals surface area contributed by atoms with Crippen molar-refractivity contribution >= 4 is 17.7 Å². The molecule has 4 heteroatoms. The lowest BCUT2D eigenvalue weighted by atomic mass is 9.92. The van der Waals surface area contributed by atoms with E-state index in [1.807, 2.05) is 0 Å². The molecule has 1 aliphatic heterocycles. The highest BCUT2D eigenvalue weighted by Crippen LogP contribution is 2.28. The molecule has 0 saturated carbocycles. The molecule has 1 aliphatic rings. The highest BCUT2D eigenvalue weighted by Gasteiger charge is 2.30. The van der Waals surface area contributed by atoms with Gasteiger partial charge >= 0.3 is 5.97 Å². The number of carboxylic acid groups (broad SMARTS) is 1. The molecule has 2 N–H and O–H groups in total. The van der Waals surface area contributed by atoms with Gasteiger partial charge in [0, 0.05) is 12.4 Å². The van der Waals surface area contributed by atoms with Gasteiger partial charge < -0.3 is 10.2 Å². The highest BCUT2D eigenvalue weighted by molar-refractivity contribution is 7.99. The SMILES string of the molecule is O=C(O)[C@@H]1CSCC[C@@H]1CO. The zero-order chi connectivity index (χ0) is 8.27. The summed E-state index contributed by atoms with van der Waals surface area (Å²) in [5.74, 6) is 0.513. The number of aliphatic carboxylic acids is 1. The first-order valence-corrected chi connectivity index (χ1v) is 4.82. The molecule has 0 radical (unpaired) electrons. The van der Waals surface area contributed by atoms with Crippen LogP contribution in [0.2, 0.25) is 0 Å². The predicted molar refractivity (Wildman–Crippen MR) is 43.6 cm³/mol. The zero-order valence-electron chi connectivity index (χ0n) is 6.19. The van der Waals surface area contributed by atoms with Crippen LogP contribution in [0.5, 0.6) is 0 Å². The molecule has 0 bridgehead atoms. The van der Waals surface area contributed by atoms with Gasteiger partial charge in [0.15, 0.2) is 0 Å². The molecule has 1 heterocycles. The van der Waals surface area contributed by atoms with Gasteiger partial charge in [0.1, 0.15) is 0 Å². The van der Waals surface area contributed by atoms with E-state index in [0.29, 0.717) is 5.75 Å². The number of aliphatic hydroxyl groups excluding tert-OH is 1. The lowest BCUT2D eigenvalue weighted by Crippen LogP contribution is -2.31. The maximum atomic E-state index is 10.6. The molecule has 64 valence electrons. The Hall–Kier alpha value is -0.220. The van der Waals surface area contributed by atoms with Gasteiger partial charge in [0.05, 0.1) is 5.92 Å². The summed E-state index contributed by atoms with van der Waals surface area (Å²) in [6, 6.07) is 0. The van der Waals surface area contributed by atoms with Crippen molar-refractivity contribution in [2.45, 2.75) is 6.42 Å². The fourth-order valence-corrected chi connectivity index (χ4v) is 2.58. The summed E-state index contributed by atoms with van der Waals surface area (Å²) in [5.41, 5.74) is 0. The van der Waals surface area contributed by atoms with Gasteiger partial charge in [-0.05, 0) is 18.1 Å². The minimum atomic E-state index is -0.767. The van der Waals surface area contributed by atoms with Crippen LogP contribution in [0.1, 0.15) is 6.42 Å². The maximum Gasteiger partial charge on any atom is 0.307 e. The molecule has 0 unspecified atom stereocenters. The molecule has 0 spiro atoms. The van der Waals surface area contributed by atoms with Crippen molar-refractivity contribution < 1.29 is 15.0 Å². The van der Waals surface area contributed by atoms with Crippen LogP contribution in [-0.4, -0.2) is 34.3 Å². The van der Waals surface area contributed by atoms with Crippen LogP contribution in [-0.2, 0) is 4.79 Å². The third-order valence-electron chi connectivity index (χ3n) is 2.05. The number of thioether (sulfide) groups is 1. The van der Waals surface area contributed by atoms with Gasteiger partial charge in [-0.3, -0.25) is 4.79 Å². The van der Waals surface area contributed by atoms with Crippen molar-refractivity contribution in [2.75, 3.05) is 18.1 Å². The van der Waals surface area contributed by atoms with Crippen molar-refractivity contribution in [3.63, 3.8) is 0 Å². The standard InChI is InChI=1S/C7H12O3S/c8-3-5-1-2-11-4-6(5)7(9)10/h5-6,8H,1-4H2,(H,9,10)/t5-,6-/m1/s1. The largest absolute Gasteiger partial charge is 0.481 e. The number of hydrogen-bond donors (Lipinski definition) is 2. The first-order chi connectivity index (χ1) is 5.25. The molecule has 0 aromatic heterocycles. The summed E-state index contributed by atoms with van der Waals surface area (Å²) in [7, 11) is 0. The minimum absolute atomic E-state index is 0.0114. The van der Waals surface area contributed by atoms with Crippen molar-refractivity contribution in [3.8, 4) is 0 Å². The molecule has 0 amide bonds. The number of carbonyl (C=O) groups is 1. The molecule has 3 nitrogen and oxygen atoms in total. The molecular formula is C7H12O3S. The molecular weight excluding hydrogens is 164 g/mol. The summed E-state index contributed by atoms with van der Waals surface area (Å²) < 4.78 is 0. The van der Waals surface area contributed by atoms with Crippen LogP contribution in [0.25, 0.3) is 0 Å². The van der Waals surface area contributed by atoms with Crippen molar-refractivity contribution in [1.82, 2.24) is 0 Å². The van der Waals surface area contributed by atoms with Gasteiger partial charge in [-0.1, -0.05) is 0 Å². The quantitative estimate of drug-likeness (QED) is 0.640. The number of carboxylic acids is 1. The zero-order valence-corrected chi connectivity index (χ0v) is 7.01. The van der Waals surface area contributed by atoms with Crippen LogP contribution in [0.15, 0.2) is 0 Å². The van der Waals surface area contributed by atoms with E-state index < -0.39 is 5.97 Å². The monoisotopic (exact) mass is 176 g/mol. The van der Waals surface area contributed by atoms with Crippen molar-refractivity contribution in [1.29, 1.82) is 0 Å². The van der Waals surface area contributed by atoms with Gasteiger partial charge in [0.2, 0.25) is 0 Å². The summed E-state index contributed by atoms with van der Waals surface area (Å²) >= 11 is 1.66. The Morgan fingerprint density at radius 3 is 2.82 bits per heavy atom. The van der Waals surface area contributed by atoms with E-state index in [4.69, 9.17) is 10.2 Å². The average Bonchev–Trinajstić information content (AvgIpc) is 2.04. The summed E-state index contributed by atoms with van der Waals surface area (Å²) in [6.45, 7) is 0.0114. The lowest BCUT2D eigenvalue weighted by molar-refractivity contribution is -0.143. The maximum absolute atomic E-state index is 10.6. The Balaban J connectivity index is 2.51. The predicted octanol–water partition coefficient (Wildman–Crippen LogP) is 0.433. The normalized spacial score (nSPS) is 31.7. The van der Waals surface area contributed by atoms with E-state index in [1.165, 1.54) is 0 Å². The summed E-state index contributed by atoms with van der Waals surface area (Å²) in [5, 5.41) is 17.6. The first-order valence-electron chi connectivity index (χ1n) is 3.67. The van der Waals surface area contributed by atoms with Crippen LogP contribution >= 0.6 is 11.8 Å². The smallest absolute Gasteiger partial charge is 0.307 e. The van der Waals surface area contributed by atoms with Crippen LogP contribution in [0, 0.1) is 11.8 Å². The fourth-order valence-electron chi connectivity index (χ4n) is 1.27. The molecule has 0 aromatic carbocycles. The Kier molecular flexibility index (Phi) is 3.20. The molecule has 0 aromatic rings. The fraction of sp³-hybridized carbons (Fsp3) is 0.857. The second-order valence-corrected chi connectivity index (χ2v) is 3.90. The van der Waals surface area contributed by atoms with Gasteiger partial charge in [-0.15, -0.1) is 0 Å². The Morgan fingerprint density at radius 1 is 1.64 bits per heavy atom. The average molecular weight is 176 g/mol. The van der Waals surface area contributed by atoms with Crippen LogP contribution < -0.4 is 0 Å². The van der Waals surface area contributed by atoms with Crippen LogP contribution in [0.3, 0.4) is 0 Å². The van der Waals surface area contributed by atoms with E-state index in [1.54, 1.807) is 11.8 Å². The Morgan fingerprint density at radius 2 is 2.36 bits per heavy atom. The van der Waals surface area contributed by atoms with E-state index in [-0.39, 0.29) is 18.4 Å². The number of hydrogen-bond acceptors (Lipinski definition) is 3. The third kappa shape index (κ3) is 2.10. The van der Waals surface area contributed by atoms with E-state index in [2.05, 4.69) is 0 Å². The van der Waals surface area contributed by atoms with E-state index in [0.717, 1.165) is 12.2 Å². The highest BCUT2D eigenvalue weighted by atomic mass is 32.2. The topological polar surface area (TPSA) is 57.5 Å². The molecule has 0 aliphatic carbocycles. The Labute approximate surface area is 69.8 Å². The minimum Gasteiger partial charge on any atom is -0.481 e. The third-order valence-corrected chi connectivity index (χ3v) is 3.17. The lowest BCUT2D eigenvalue weighted by Gasteiger charge is -2.26. The van der Waals surface area contributed by atoms with Crippen molar-refractivity contribution in [2.24, 2.45) is 11.8 Å². The van der Waals surface area contributed by atoms with Gasteiger partial charge in [-0.25, -0.2) is 0 Å². The molecule has 11 heavy (non-hydrogen) atoms. The van der Waals surface area contributed by atoms with Crippen molar-refractivity contribution in [3.05, 3.63) is 0 Å². The summed E-state index contributed by atoms with van der Waals surface area (Å²) in [6.07, 6.45) is 0.831. The number of aliphatic hydroxyl groups is 1. The second kappa shape index (κ2) is 3.97. The van der Waals surface area contributed by atoms with Gasteiger partial charge in [-0.2, -0.15) is 11.8 Å².